The van der Waals surface area contributed by atoms with E-state index in [4.69, 9.17) is 4.74 Å². The molecule has 6 nitrogen and oxygen atoms in total. The predicted octanol–water partition coefficient (Wildman–Crippen LogP) is 1.70. The van der Waals surface area contributed by atoms with Crippen molar-refractivity contribution in [3.05, 3.63) is 35.4 Å². The number of carbonyl (C=O) groups is 2. The number of hydrogen-bond acceptors (Lipinski definition) is 4. The Morgan fingerprint density at radius 1 is 1.33 bits per heavy atom. The molecule has 2 atom stereocenters. The molecule has 132 valence electrons. The summed E-state index contributed by atoms with van der Waals surface area (Å²) in [5, 5.41) is 9.32. The number of nitrogens with zero attached hydrogens (tertiary/aromatic N) is 2. The van der Waals surface area contributed by atoms with Crippen LogP contribution >= 0.6 is 0 Å². The summed E-state index contributed by atoms with van der Waals surface area (Å²) in [6.07, 6.45) is 1.36. The Bertz CT molecular complexity index is 588. The Labute approximate surface area is 143 Å². The largest absolute Gasteiger partial charge is 0.478 e. The van der Waals surface area contributed by atoms with Crippen LogP contribution in [0.15, 0.2) is 24.3 Å². The summed E-state index contributed by atoms with van der Waals surface area (Å²) in [6.45, 7) is 2.14. The number of benzene rings is 1. The Hall–Kier alpha value is -1.92. The summed E-state index contributed by atoms with van der Waals surface area (Å²) >= 11 is 0. The monoisotopic (exact) mass is 334 g/mol. The molecule has 1 aliphatic heterocycles. The maximum Gasteiger partial charge on any atom is 0.336 e. The number of amides is 1. The first-order valence-corrected chi connectivity index (χ1v) is 8.19. The van der Waals surface area contributed by atoms with Crippen LogP contribution in [0.25, 0.3) is 0 Å². The molecule has 0 unspecified atom stereocenters. The van der Waals surface area contributed by atoms with E-state index in [1.807, 2.05) is 12.1 Å². The molecular formula is C18H26N2O4. The van der Waals surface area contributed by atoms with Crippen molar-refractivity contribution >= 4 is 11.9 Å². The van der Waals surface area contributed by atoms with Crippen molar-refractivity contribution < 1.29 is 19.4 Å². The maximum atomic E-state index is 12.1. The fourth-order valence-corrected chi connectivity index (χ4v) is 3.25. The summed E-state index contributed by atoms with van der Waals surface area (Å²) in [5.41, 5.74) is 1.14. The second-order valence-electron chi connectivity index (χ2n) is 6.51. The number of hydrogen-bond donors (Lipinski definition) is 1. The summed E-state index contributed by atoms with van der Waals surface area (Å²) in [4.78, 5) is 27.2. The van der Waals surface area contributed by atoms with E-state index in [9.17, 15) is 14.7 Å². The van der Waals surface area contributed by atoms with Gasteiger partial charge < -0.3 is 14.7 Å². The van der Waals surface area contributed by atoms with Gasteiger partial charge >= 0.3 is 5.97 Å². The molecule has 1 heterocycles. The highest BCUT2D eigenvalue weighted by Crippen LogP contribution is 2.25. The lowest BCUT2D eigenvalue weighted by molar-refractivity contribution is -0.132. The molecule has 0 spiro atoms. The topological polar surface area (TPSA) is 70.1 Å². The number of carboxylic acid groups (broad SMARTS) is 1. The van der Waals surface area contributed by atoms with Gasteiger partial charge in [0.15, 0.2) is 0 Å². The van der Waals surface area contributed by atoms with Gasteiger partial charge in [-0.25, -0.2) is 4.79 Å². The van der Waals surface area contributed by atoms with Gasteiger partial charge in [-0.3, -0.25) is 9.69 Å². The van der Waals surface area contributed by atoms with E-state index in [0.717, 1.165) is 25.1 Å². The van der Waals surface area contributed by atoms with E-state index in [1.54, 1.807) is 38.2 Å². The van der Waals surface area contributed by atoms with Crippen molar-refractivity contribution in [2.24, 2.45) is 5.92 Å². The first-order valence-electron chi connectivity index (χ1n) is 8.19. The van der Waals surface area contributed by atoms with Gasteiger partial charge in [0.05, 0.1) is 11.7 Å². The lowest BCUT2D eigenvalue weighted by atomic mass is 9.90. The number of ether oxygens (including phenoxy) is 1. The van der Waals surface area contributed by atoms with E-state index >= 15 is 0 Å². The zero-order valence-corrected chi connectivity index (χ0v) is 14.6. The van der Waals surface area contributed by atoms with Crippen molar-refractivity contribution in [2.45, 2.75) is 25.5 Å². The Kier molecular flexibility index (Phi) is 6.34. The average Bonchev–Trinajstić information content (AvgIpc) is 2.55. The average molecular weight is 334 g/mol. The SMILES string of the molecule is CO[C@@H]1CCN(Cc2ccccc2C(=O)O)C[C@H]1CC(=O)N(C)C. The van der Waals surface area contributed by atoms with Crippen molar-refractivity contribution in [3.8, 4) is 0 Å². The van der Waals surface area contributed by atoms with E-state index in [2.05, 4.69) is 4.90 Å². The molecule has 0 saturated carbocycles. The molecule has 1 aliphatic rings. The minimum Gasteiger partial charge on any atom is -0.478 e. The van der Waals surface area contributed by atoms with Gasteiger partial charge in [-0.05, 0) is 18.1 Å². The molecule has 1 fully saturated rings. The highest BCUT2D eigenvalue weighted by molar-refractivity contribution is 5.89. The van der Waals surface area contributed by atoms with Crippen molar-refractivity contribution in [1.29, 1.82) is 0 Å². The van der Waals surface area contributed by atoms with E-state index < -0.39 is 5.97 Å². The van der Waals surface area contributed by atoms with Gasteiger partial charge in [0, 0.05) is 53.2 Å². The van der Waals surface area contributed by atoms with Crippen LogP contribution in [0.1, 0.15) is 28.8 Å². The van der Waals surface area contributed by atoms with E-state index in [-0.39, 0.29) is 17.9 Å². The second-order valence-corrected chi connectivity index (χ2v) is 6.51. The zero-order valence-electron chi connectivity index (χ0n) is 14.6. The smallest absolute Gasteiger partial charge is 0.336 e. The first kappa shape index (κ1) is 18.4. The minimum atomic E-state index is -0.906. The summed E-state index contributed by atoms with van der Waals surface area (Å²) in [5.74, 6) is -0.692. The highest BCUT2D eigenvalue weighted by Gasteiger charge is 2.31. The molecule has 2 rings (SSSR count). The van der Waals surface area contributed by atoms with Crippen LogP contribution in [-0.4, -0.2) is 67.2 Å². The van der Waals surface area contributed by atoms with Crippen LogP contribution in [0.3, 0.4) is 0 Å². The van der Waals surface area contributed by atoms with Gasteiger partial charge in [0.2, 0.25) is 5.91 Å². The van der Waals surface area contributed by atoms with E-state index in [1.165, 1.54) is 0 Å². The lowest BCUT2D eigenvalue weighted by Gasteiger charge is -2.38. The fourth-order valence-electron chi connectivity index (χ4n) is 3.25. The van der Waals surface area contributed by atoms with Crippen LogP contribution in [0, 0.1) is 5.92 Å². The first-order chi connectivity index (χ1) is 11.4. The molecule has 0 aliphatic carbocycles. The van der Waals surface area contributed by atoms with Crippen LogP contribution < -0.4 is 0 Å². The van der Waals surface area contributed by atoms with Crippen LogP contribution in [0.5, 0.6) is 0 Å². The molecule has 0 bridgehead atoms. The number of aromatic carboxylic acids is 1. The van der Waals surface area contributed by atoms with Gasteiger partial charge in [-0.1, -0.05) is 18.2 Å². The summed E-state index contributed by atoms with van der Waals surface area (Å²) in [7, 11) is 5.20. The maximum absolute atomic E-state index is 12.1. The normalized spacial score (nSPS) is 21.5. The van der Waals surface area contributed by atoms with Crippen LogP contribution in [0.4, 0.5) is 0 Å². The van der Waals surface area contributed by atoms with E-state index in [0.29, 0.717) is 18.5 Å². The van der Waals surface area contributed by atoms with Gasteiger partial charge in [-0.2, -0.15) is 0 Å². The molecule has 1 aromatic rings. The third-order valence-electron chi connectivity index (χ3n) is 4.63. The zero-order chi connectivity index (χ0) is 17.7. The molecule has 1 aromatic carbocycles. The van der Waals surface area contributed by atoms with Crippen molar-refractivity contribution in [1.82, 2.24) is 9.80 Å². The van der Waals surface area contributed by atoms with Gasteiger partial charge in [0.1, 0.15) is 0 Å². The number of likely N-dealkylation sites (tertiary alicyclic amines) is 1. The molecular weight excluding hydrogens is 308 g/mol. The molecule has 0 radical (unpaired) electrons. The van der Waals surface area contributed by atoms with Gasteiger partial charge in [-0.15, -0.1) is 0 Å². The van der Waals surface area contributed by atoms with Crippen molar-refractivity contribution in [3.63, 3.8) is 0 Å². The highest BCUT2D eigenvalue weighted by atomic mass is 16.5. The Balaban J connectivity index is 2.07. The Morgan fingerprint density at radius 3 is 2.67 bits per heavy atom. The quantitative estimate of drug-likeness (QED) is 0.857. The number of carboxylic acids is 1. The number of methoxy groups -OCH3 is 1. The second kappa shape index (κ2) is 8.26. The molecule has 6 heteroatoms. The summed E-state index contributed by atoms with van der Waals surface area (Å²) in [6, 6.07) is 7.08. The number of piperidine rings is 1. The molecule has 1 amide bonds. The van der Waals surface area contributed by atoms with Crippen molar-refractivity contribution in [2.75, 3.05) is 34.3 Å². The standard InChI is InChI=1S/C18H26N2O4/c1-19(2)17(21)10-14-12-20(9-8-16(14)24-3)11-13-6-4-5-7-15(13)18(22)23/h4-7,14,16H,8-12H2,1-3H3,(H,22,23)/t14-,16-/m1/s1. The lowest BCUT2D eigenvalue weighted by Crippen LogP contribution is -2.45. The summed E-state index contributed by atoms with van der Waals surface area (Å²) < 4.78 is 5.55. The predicted molar refractivity (Wildman–Crippen MR) is 90.9 cm³/mol. The fraction of sp³-hybridized carbons (Fsp3) is 0.556. The molecule has 1 N–H and O–H groups in total. The molecule has 0 aromatic heterocycles. The number of rotatable bonds is 6. The molecule has 24 heavy (non-hydrogen) atoms. The third-order valence-corrected chi connectivity index (χ3v) is 4.63. The van der Waals surface area contributed by atoms with Gasteiger partial charge in [0.25, 0.3) is 0 Å². The number of carbonyl (C=O) groups excluding carboxylic acids is 1. The van der Waals surface area contributed by atoms with Crippen LogP contribution in [0.2, 0.25) is 0 Å². The minimum absolute atomic E-state index is 0.0693. The van der Waals surface area contributed by atoms with Crippen LogP contribution in [-0.2, 0) is 16.1 Å². The Morgan fingerprint density at radius 2 is 2.04 bits per heavy atom. The third kappa shape index (κ3) is 4.55. The molecule has 1 saturated heterocycles.